The van der Waals surface area contributed by atoms with E-state index in [4.69, 9.17) is 0 Å². The van der Waals surface area contributed by atoms with Crippen LogP contribution in [-0.2, 0) is 0 Å². The van der Waals surface area contributed by atoms with Gasteiger partial charge in [-0.2, -0.15) is 0 Å². The van der Waals surface area contributed by atoms with Crippen LogP contribution in [0.25, 0.3) is 0 Å². The lowest BCUT2D eigenvalue weighted by atomic mass is 10.2. The zero-order chi connectivity index (χ0) is 11.3. The van der Waals surface area contributed by atoms with Crippen LogP contribution in [-0.4, -0.2) is 4.98 Å². The molecule has 15 heavy (non-hydrogen) atoms. The van der Waals surface area contributed by atoms with Crippen LogP contribution in [0.2, 0.25) is 0 Å². The van der Waals surface area contributed by atoms with E-state index in [2.05, 4.69) is 10.3 Å². The maximum absolute atomic E-state index is 12.7. The molecule has 0 spiro atoms. The van der Waals surface area contributed by atoms with Crippen molar-refractivity contribution in [2.45, 2.75) is 20.8 Å². The van der Waals surface area contributed by atoms with E-state index in [-0.39, 0.29) is 5.82 Å². The lowest BCUT2D eigenvalue weighted by Crippen LogP contribution is -1.90. The molecule has 0 aromatic carbocycles. The zero-order valence-corrected chi connectivity index (χ0v) is 9.21. The minimum Gasteiger partial charge on any atom is -0.360 e. The lowest BCUT2D eigenvalue weighted by Gasteiger charge is -2.00. The Labute approximate surface area is 89.5 Å². The second-order valence-corrected chi connectivity index (χ2v) is 3.55. The molecule has 1 aromatic rings. The van der Waals surface area contributed by atoms with E-state index in [1.807, 2.05) is 26.8 Å². The van der Waals surface area contributed by atoms with Gasteiger partial charge in [-0.3, -0.25) is 4.98 Å². The largest absolute Gasteiger partial charge is 0.360 e. The summed E-state index contributed by atoms with van der Waals surface area (Å²) in [4.78, 5) is 3.73. The molecule has 0 amide bonds. The molecule has 0 radical (unpaired) electrons. The van der Waals surface area contributed by atoms with Crippen molar-refractivity contribution in [2.75, 3.05) is 5.32 Å². The quantitative estimate of drug-likeness (QED) is 0.765. The number of aromatic nitrogens is 1. The first-order chi connectivity index (χ1) is 7.09. The fraction of sp³-hybridized carbons (Fsp3) is 0.250. The standard InChI is InChI=1S/C12H15FN2/c1-9(2)10(3)4-5-15-12-6-11(13)7-14-8-12/h4-8,15H,1-3H3/b5-4-. The molecule has 0 aliphatic carbocycles. The predicted octanol–water partition coefficient (Wildman–Crippen LogP) is 3.50. The number of halogens is 1. The molecule has 1 heterocycles. The Balaban J connectivity index is 2.62. The van der Waals surface area contributed by atoms with Gasteiger partial charge in [0.05, 0.1) is 18.1 Å². The highest BCUT2D eigenvalue weighted by molar-refractivity contribution is 5.43. The Morgan fingerprint density at radius 2 is 2.07 bits per heavy atom. The van der Waals surface area contributed by atoms with E-state index in [0.717, 1.165) is 0 Å². The van der Waals surface area contributed by atoms with Crippen molar-refractivity contribution in [3.8, 4) is 0 Å². The van der Waals surface area contributed by atoms with Crippen LogP contribution < -0.4 is 5.32 Å². The van der Waals surface area contributed by atoms with E-state index >= 15 is 0 Å². The SMILES string of the molecule is CC(C)=C(C)/C=C\Nc1cncc(F)c1. The molecular formula is C12H15FN2. The number of rotatable bonds is 3. The number of nitrogens with zero attached hydrogens (tertiary/aromatic N) is 1. The van der Waals surface area contributed by atoms with Gasteiger partial charge < -0.3 is 5.32 Å². The Hall–Kier alpha value is -1.64. The van der Waals surface area contributed by atoms with E-state index in [9.17, 15) is 4.39 Å². The van der Waals surface area contributed by atoms with Crippen LogP contribution >= 0.6 is 0 Å². The molecule has 0 saturated heterocycles. The third-order valence-electron chi connectivity index (χ3n) is 2.08. The number of allylic oxidation sites excluding steroid dienone is 3. The minimum atomic E-state index is -0.340. The predicted molar refractivity (Wildman–Crippen MR) is 61.0 cm³/mol. The molecule has 0 aliphatic rings. The molecule has 1 rings (SSSR count). The lowest BCUT2D eigenvalue weighted by molar-refractivity contribution is 0.622. The normalized spacial score (nSPS) is 10.4. The fourth-order valence-electron chi connectivity index (χ4n) is 0.920. The van der Waals surface area contributed by atoms with Crippen molar-refractivity contribution in [1.29, 1.82) is 0 Å². The Bertz CT molecular complexity index is 390. The summed E-state index contributed by atoms with van der Waals surface area (Å²) in [6.07, 6.45) is 6.47. The summed E-state index contributed by atoms with van der Waals surface area (Å²) >= 11 is 0. The molecule has 0 saturated carbocycles. The Morgan fingerprint density at radius 3 is 2.67 bits per heavy atom. The van der Waals surface area contributed by atoms with Crippen molar-refractivity contribution in [2.24, 2.45) is 0 Å². The van der Waals surface area contributed by atoms with Crippen LogP contribution in [0.5, 0.6) is 0 Å². The van der Waals surface area contributed by atoms with Crippen LogP contribution in [0.1, 0.15) is 20.8 Å². The smallest absolute Gasteiger partial charge is 0.143 e. The molecule has 0 fully saturated rings. The maximum Gasteiger partial charge on any atom is 0.143 e. The third-order valence-corrected chi connectivity index (χ3v) is 2.08. The first-order valence-electron chi connectivity index (χ1n) is 4.77. The summed E-state index contributed by atoms with van der Waals surface area (Å²) in [5.41, 5.74) is 3.09. The Morgan fingerprint density at radius 1 is 1.33 bits per heavy atom. The number of nitrogens with one attached hydrogen (secondary N) is 1. The highest BCUT2D eigenvalue weighted by Crippen LogP contribution is 2.08. The van der Waals surface area contributed by atoms with Gasteiger partial charge in [-0.15, -0.1) is 0 Å². The summed E-state index contributed by atoms with van der Waals surface area (Å²) in [6, 6.07) is 1.40. The summed E-state index contributed by atoms with van der Waals surface area (Å²) in [7, 11) is 0. The number of hydrogen-bond acceptors (Lipinski definition) is 2. The number of hydrogen-bond donors (Lipinski definition) is 1. The van der Waals surface area contributed by atoms with Crippen molar-refractivity contribution in [3.63, 3.8) is 0 Å². The highest BCUT2D eigenvalue weighted by Gasteiger charge is 1.92. The summed E-state index contributed by atoms with van der Waals surface area (Å²) < 4.78 is 12.7. The van der Waals surface area contributed by atoms with Crippen molar-refractivity contribution >= 4 is 5.69 Å². The van der Waals surface area contributed by atoms with E-state index in [1.165, 1.54) is 23.4 Å². The van der Waals surface area contributed by atoms with Gasteiger partial charge in [0.25, 0.3) is 0 Å². The topological polar surface area (TPSA) is 24.9 Å². The molecule has 80 valence electrons. The molecule has 1 N–H and O–H groups in total. The molecule has 0 atom stereocenters. The Kier molecular flexibility index (Phi) is 4.03. The summed E-state index contributed by atoms with van der Waals surface area (Å²) in [6.45, 7) is 6.12. The first-order valence-corrected chi connectivity index (χ1v) is 4.77. The molecule has 0 aliphatic heterocycles. The van der Waals surface area contributed by atoms with Gasteiger partial charge in [0.1, 0.15) is 5.82 Å². The van der Waals surface area contributed by atoms with E-state index in [0.29, 0.717) is 5.69 Å². The van der Waals surface area contributed by atoms with Crippen LogP contribution in [0, 0.1) is 5.82 Å². The number of anilines is 1. The van der Waals surface area contributed by atoms with Crippen LogP contribution in [0.15, 0.2) is 41.9 Å². The van der Waals surface area contributed by atoms with E-state index < -0.39 is 0 Å². The van der Waals surface area contributed by atoms with Crippen molar-refractivity contribution in [1.82, 2.24) is 4.98 Å². The van der Waals surface area contributed by atoms with Crippen LogP contribution in [0.3, 0.4) is 0 Å². The summed E-state index contributed by atoms with van der Waals surface area (Å²) in [5.74, 6) is -0.340. The van der Waals surface area contributed by atoms with Crippen molar-refractivity contribution < 1.29 is 4.39 Å². The maximum atomic E-state index is 12.7. The van der Waals surface area contributed by atoms with Gasteiger partial charge in [-0.05, 0) is 26.8 Å². The second kappa shape index (κ2) is 5.29. The molecule has 0 bridgehead atoms. The molecule has 2 nitrogen and oxygen atoms in total. The molecule has 0 unspecified atom stereocenters. The van der Waals surface area contributed by atoms with Gasteiger partial charge in [-0.1, -0.05) is 11.1 Å². The number of pyridine rings is 1. The van der Waals surface area contributed by atoms with Crippen molar-refractivity contribution in [3.05, 3.63) is 47.7 Å². The van der Waals surface area contributed by atoms with Gasteiger partial charge in [0, 0.05) is 12.3 Å². The van der Waals surface area contributed by atoms with Gasteiger partial charge in [-0.25, -0.2) is 4.39 Å². The monoisotopic (exact) mass is 206 g/mol. The molecular weight excluding hydrogens is 191 g/mol. The van der Waals surface area contributed by atoms with E-state index in [1.54, 1.807) is 12.4 Å². The highest BCUT2D eigenvalue weighted by atomic mass is 19.1. The van der Waals surface area contributed by atoms with Gasteiger partial charge in [0.15, 0.2) is 0 Å². The van der Waals surface area contributed by atoms with Crippen LogP contribution in [0.4, 0.5) is 10.1 Å². The van der Waals surface area contributed by atoms with Gasteiger partial charge >= 0.3 is 0 Å². The van der Waals surface area contributed by atoms with Gasteiger partial charge in [0.2, 0.25) is 0 Å². The minimum absolute atomic E-state index is 0.340. The zero-order valence-electron chi connectivity index (χ0n) is 9.21. The third kappa shape index (κ3) is 3.94. The second-order valence-electron chi connectivity index (χ2n) is 3.55. The molecule has 1 aromatic heterocycles. The average Bonchev–Trinajstić information content (AvgIpc) is 2.17. The average molecular weight is 206 g/mol. The fourth-order valence-corrected chi connectivity index (χ4v) is 0.920. The summed E-state index contributed by atoms with van der Waals surface area (Å²) in [5, 5.41) is 2.95. The molecule has 3 heteroatoms. The first kappa shape index (κ1) is 11.4.